The SMILES string of the molecule is Cc1ccccc1SC/C=C/CN1C(O)[C@H](O)[C@@H](O)[C@H](O)[C@H]1CO. The van der Waals surface area contributed by atoms with Gasteiger partial charge < -0.3 is 25.5 Å². The van der Waals surface area contributed by atoms with Gasteiger partial charge in [0.15, 0.2) is 0 Å². The number of piperidine rings is 1. The van der Waals surface area contributed by atoms with Gasteiger partial charge in [-0.2, -0.15) is 0 Å². The van der Waals surface area contributed by atoms with Crippen LogP contribution in [0.1, 0.15) is 5.56 Å². The summed E-state index contributed by atoms with van der Waals surface area (Å²) in [6.45, 7) is 1.88. The molecule has 24 heavy (non-hydrogen) atoms. The summed E-state index contributed by atoms with van der Waals surface area (Å²) >= 11 is 1.69. The van der Waals surface area contributed by atoms with Crippen LogP contribution in [0.15, 0.2) is 41.3 Å². The number of rotatable bonds is 6. The van der Waals surface area contributed by atoms with Crippen LogP contribution in [0, 0.1) is 6.92 Å². The fourth-order valence-electron chi connectivity index (χ4n) is 2.77. The van der Waals surface area contributed by atoms with Crippen LogP contribution in [0.3, 0.4) is 0 Å². The molecule has 1 saturated heterocycles. The van der Waals surface area contributed by atoms with Crippen LogP contribution in [0.5, 0.6) is 0 Å². The van der Waals surface area contributed by atoms with Gasteiger partial charge in [-0.3, -0.25) is 4.90 Å². The number of hydrogen-bond donors (Lipinski definition) is 5. The molecule has 6 nitrogen and oxygen atoms in total. The smallest absolute Gasteiger partial charge is 0.136 e. The van der Waals surface area contributed by atoms with Gasteiger partial charge in [0.05, 0.1) is 12.6 Å². The summed E-state index contributed by atoms with van der Waals surface area (Å²) in [4.78, 5) is 2.58. The molecular formula is C17H25NO5S. The molecule has 0 amide bonds. The maximum atomic E-state index is 10.1. The van der Waals surface area contributed by atoms with E-state index in [2.05, 4.69) is 19.1 Å². The Morgan fingerprint density at radius 3 is 2.42 bits per heavy atom. The first-order valence-corrected chi connectivity index (χ1v) is 8.88. The number of thioether (sulfide) groups is 1. The zero-order valence-corrected chi connectivity index (χ0v) is 14.4. The molecule has 1 aromatic carbocycles. The zero-order valence-electron chi connectivity index (χ0n) is 13.6. The Hall–Kier alpha value is -0.930. The fourth-order valence-corrected chi connectivity index (χ4v) is 3.65. The molecule has 7 heteroatoms. The van der Waals surface area contributed by atoms with Crippen molar-refractivity contribution in [3.8, 4) is 0 Å². The Bertz CT molecular complexity index is 556. The molecule has 0 aromatic heterocycles. The van der Waals surface area contributed by atoms with Crippen LogP contribution in [-0.2, 0) is 0 Å². The quantitative estimate of drug-likeness (QED) is 0.353. The van der Waals surface area contributed by atoms with E-state index >= 15 is 0 Å². The minimum absolute atomic E-state index is 0.252. The van der Waals surface area contributed by atoms with Crippen molar-refractivity contribution in [3.63, 3.8) is 0 Å². The molecule has 0 aliphatic carbocycles. The second-order valence-corrected chi connectivity index (χ2v) is 6.94. The van der Waals surface area contributed by atoms with Gasteiger partial charge in [-0.15, -0.1) is 11.8 Å². The van der Waals surface area contributed by atoms with E-state index in [1.54, 1.807) is 11.8 Å². The molecule has 1 fully saturated rings. The molecular weight excluding hydrogens is 330 g/mol. The second kappa shape index (κ2) is 8.96. The van der Waals surface area contributed by atoms with E-state index in [0.29, 0.717) is 0 Å². The Balaban J connectivity index is 1.90. The molecule has 0 spiro atoms. The van der Waals surface area contributed by atoms with Crippen LogP contribution in [0.2, 0.25) is 0 Å². The molecule has 0 radical (unpaired) electrons. The van der Waals surface area contributed by atoms with Crippen molar-refractivity contribution in [2.24, 2.45) is 0 Å². The minimum atomic E-state index is -1.48. The second-order valence-electron chi connectivity index (χ2n) is 5.88. The van der Waals surface area contributed by atoms with Crippen LogP contribution in [0.4, 0.5) is 0 Å². The van der Waals surface area contributed by atoms with Crippen molar-refractivity contribution in [2.45, 2.75) is 42.4 Å². The molecule has 0 saturated carbocycles. The zero-order chi connectivity index (χ0) is 17.7. The van der Waals surface area contributed by atoms with E-state index in [1.165, 1.54) is 15.4 Å². The van der Waals surface area contributed by atoms with Crippen molar-refractivity contribution < 1.29 is 25.5 Å². The Morgan fingerprint density at radius 2 is 1.75 bits per heavy atom. The van der Waals surface area contributed by atoms with Crippen molar-refractivity contribution in [2.75, 3.05) is 18.9 Å². The lowest BCUT2D eigenvalue weighted by molar-refractivity contribution is -0.219. The Morgan fingerprint density at radius 1 is 1.04 bits per heavy atom. The average molecular weight is 355 g/mol. The molecule has 1 heterocycles. The summed E-state index contributed by atoms with van der Waals surface area (Å²) < 4.78 is 0. The van der Waals surface area contributed by atoms with E-state index in [9.17, 15) is 25.5 Å². The third-order valence-electron chi connectivity index (χ3n) is 4.26. The Kier molecular flexibility index (Phi) is 7.24. The summed E-state index contributed by atoms with van der Waals surface area (Å²) in [6.07, 6.45) is -1.86. The average Bonchev–Trinajstić information content (AvgIpc) is 2.58. The summed E-state index contributed by atoms with van der Waals surface area (Å²) in [5, 5.41) is 48.8. The summed E-state index contributed by atoms with van der Waals surface area (Å²) in [5.74, 6) is 0.742. The highest BCUT2D eigenvalue weighted by atomic mass is 32.2. The number of aliphatic hydroxyl groups excluding tert-OH is 5. The number of aliphatic hydroxyl groups is 5. The van der Waals surface area contributed by atoms with Crippen LogP contribution in [-0.4, -0.2) is 79.9 Å². The summed E-state index contributed by atoms with van der Waals surface area (Å²) in [5.41, 5.74) is 1.21. The number of nitrogens with zero attached hydrogens (tertiary/aromatic N) is 1. The maximum Gasteiger partial charge on any atom is 0.136 e. The van der Waals surface area contributed by atoms with Crippen LogP contribution in [0.25, 0.3) is 0 Å². The van der Waals surface area contributed by atoms with Gasteiger partial charge in [0, 0.05) is 17.2 Å². The third-order valence-corrected chi connectivity index (χ3v) is 5.39. The lowest BCUT2D eigenvalue weighted by atomic mass is 9.93. The van der Waals surface area contributed by atoms with Crippen molar-refractivity contribution >= 4 is 11.8 Å². The number of benzene rings is 1. The highest BCUT2D eigenvalue weighted by Gasteiger charge is 2.46. The molecule has 2 rings (SSSR count). The van der Waals surface area contributed by atoms with Gasteiger partial charge in [0.25, 0.3) is 0 Å². The maximum absolute atomic E-state index is 10.1. The molecule has 5 N–H and O–H groups in total. The van der Waals surface area contributed by atoms with Gasteiger partial charge in [0.1, 0.15) is 24.5 Å². The van der Waals surface area contributed by atoms with Gasteiger partial charge in [-0.05, 0) is 18.6 Å². The predicted octanol–water partition coefficient (Wildman–Crippen LogP) is -0.279. The summed E-state index contributed by atoms with van der Waals surface area (Å²) in [7, 11) is 0. The third kappa shape index (κ3) is 4.37. The summed E-state index contributed by atoms with van der Waals surface area (Å²) in [6, 6.07) is 7.26. The van der Waals surface area contributed by atoms with Gasteiger partial charge in [-0.25, -0.2) is 0 Å². The number of likely N-dealkylation sites (tertiary alicyclic amines) is 1. The lowest BCUT2D eigenvalue weighted by Crippen LogP contribution is -2.67. The molecule has 0 bridgehead atoms. The first kappa shape index (κ1) is 19.4. The van der Waals surface area contributed by atoms with E-state index in [4.69, 9.17) is 0 Å². The largest absolute Gasteiger partial charge is 0.395 e. The standard InChI is InChI=1S/C17H25NO5S/c1-11-6-2-3-7-13(11)24-9-5-4-8-18-12(10-19)14(20)15(21)16(22)17(18)23/h2-7,12,14-17,19-23H,8-10H2,1H3/b5-4+/t12-,14-,15+,16-,17?/m1/s1. The molecule has 1 aliphatic heterocycles. The fraction of sp³-hybridized carbons (Fsp3) is 0.529. The lowest BCUT2D eigenvalue weighted by Gasteiger charge is -2.46. The van der Waals surface area contributed by atoms with Gasteiger partial charge in [0.2, 0.25) is 0 Å². The molecule has 1 aliphatic rings. The molecule has 134 valence electrons. The van der Waals surface area contributed by atoms with E-state index < -0.39 is 37.2 Å². The number of hydrogen-bond acceptors (Lipinski definition) is 7. The van der Waals surface area contributed by atoms with Crippen molar-refractivity contribution in [1.29, 1.82) is 0 Å². The van der Waals surface area contributed by atoms with Crippen molar-refractivity contribution in [1.82, 2.24) is 4.90 Å². The topological polar surface area (TPSA) is 104 Å². The monoisotopic (exact) mass is 355 g/mol. The Labute approximate surface area is 146 Å². The highest BCUT2D eigenvalue weighted by molar-refractivity contribution is 7.99. The minimum Gasteiger partial charge on any atom is -0.395 e. The predicted molar refractivity (Wildman–Crippen MR) is 92.7 cm³/mol. The normalized spacial score (nSPS) is 31.7. The van der Waals surface area contributed by atoms with E-state index in [-0.39, 0.29) is 6.54 Å². The molecule has 5 atom stereocenters. The van der Waals surface area contributed by atoms with Gasteiger partial charge >= 0.3 is 0 Å². The molecule has 1 unspecified atom stereocenters. The highest BCUT2D eigenvalue weighted by Crippen LogP contribution is 2.24. The van der Waals surface area contributed by atoms with E-state index in [0.717, 1.165) is 5.75 Å². The number of aryl methyl sites for hydroxylation is 1. The molecule has 1 aromatic rings. The van der Waals surface area contributed by atoms with Crippen LogP contribution >= 0.6 is 11.8 Å². The van der Waals surface area contributed by atoms with E-state index in [1.807, 2.05) is 24.3 Å². The first-order chi connectivity index (χ1) is 11.5. The first-order valence-electron chi connectivity index (χ1n) is 7.89. The van der Waals surface area contributed by atoms with Crippen LogP contribution < -0.4 is 0 Å². The van der Waals surface area contributed by atoms with Crippen molar-refractivity contribution in [3.05, 3.63) is 42.0 Å². The van der Waals surface area contributed by atoms with Gasteiger partial charge in [-0.1, -0.05) is 30.4 Å².